The van der Waals surface area contributed by atoms with Crippen LogP contribution in [-0.4, -0.2) is 31.1 Å². The summed E-state index contributed by atoms with van der Waals surface area (Å²) in [6.07, 6.45) is 3.93. The molecule has 0 bridgehead atoms. The van der Waals surface area contributed by atoms with Crippen LogP contribution in [0.4, 0.5) is 10.1 Å². The van der Waals surface area contributed by atoms with Crippen molar-refractivity contribution in [3.63, 3.8) is 0 Å². The molecule has 1 aromatic carbocycles. The summed E-state index contributed by atoms with van der Waals surface area (Å²) in [5, 5.41) is 3.18. The van der Waals surface area contributed by atoms with E-state index in [1.165, 1.54) is 38.4 Å². The maximum atomic E-state index is 13.4. The molecule has 3 heteroatoms. The van der Waals surface area contributed by atoms with Gasteiger partial charge in [0.25, 0.3) is 0 Å². The first-order chi connectivity index (χ1) is 8.75. The van der Waals surface area contributed by atoms with Crippen molar-refractivity contribution in [2.45, 2.75) is 26.2 Å². The molecule has 2 nitrogen and oxygen atoms in total. The van der Waals surface area contributed by atoms with Crippen molar-refractivity contribution in [3.05, 3.63) is 30.1 Å². The third-order valence-corrected chi connectivity index (χ3v) is 3.73. The number of nitrogens with zero attached hydrogens (tertiary/aromatic N) is 1. The monoisotopic (exact) mass is 250 g/mol. The van der Waals surface area contributed by atoms with Crippen molar-refractivity contribution in [3.8, 4) is 0 Å². The van der Waals surface area contributed by atoms with Crippen LogP contribution in [0.2, 0.25) is 0 Å². The summed E-state index contributed by atoms with van der Waals surface area (Å²) in [4.78, 5) is 2.48. The van der Waals surface area contributed by atoms with Crippen LogP contribution < -0.4 is 5.32 Å². The van der Waals surface area contributed by atoms with Gasteiger partial charge in [-0.2, -0.15) is 0 Å². The minimum absolute atomic E-state index is 0.165. The highest BCUT2D eigenvalue weighted by atomic mass is 19.1. The zero-order valence-electron chi connectivity index (χ0n) is 11.2. The van der Waals surface area contributed by atoms with Crippen LogP contribution >= 0.6 is 0 Å². The molecule has 1 aliphatic rings. The molecular formula is C15H23FN2. The molecule has 0 amide bonds. The van der Waals surface area contributed by atoms with Crippen LogP contribution in [0.1, 0.15) is 26.2 Å². The fraction of sp³-hybridized carbons (Fsp3) is 0.600. The van der Waals surface area contributed by atoms with Gasteiger partial charge in [0.1, 0.15) is 5.82 Å². The summed E-state index contributed by atoms with van der Waals surface area (Å²) in [6.45, 7) is 6.51. The number of nitrogens with one attached hydrogen (secondary N) is 1. The minimum atomic E-state index is -0.165. The summed E-state index contributed by atoms with van der Waals surface area (Å²) < 4.78 is 13.4. The Bertz CT molecular complexity index is 367. The Morgan fingerprint density at radius 1 is 1.28 bits per heavy atom. The average Bonchev–Trinajstić information content (AvgIpc) is 2.57. The highest BCUT2D eigenvalue weighted by Gasteiger charge is 2.13. The average molecular weight is 250 g/mol. The van der Waals surface area contributed by atoms with Gasteiger partial charge >= 0.3 is 0 Å². The first-order valence-corrected chi connectivity index (χ1v) is 6.96. The molecule has 0 spiro atoms. The molecule has 1 saturated heterocycles. The van der Waals surface area contributed by atoms with Crippen LogP contribution in [0.15, 0.2) is 24.3 Å². The molecule has 1 N–H and O–H groups in total. The predicted molar refractivity (Wildman–Crippen MR) is 74.3 cm³/mol. The van der Waals surface area contributed by atoms with Crippen LogP contribution in [0.3, 0.4) is 0 Å². The van der Waals surface area contributed by atoms with Gasteiger partial charge in [0, 0.05) is 13.1 Å². The number of hydrogen-bond acceptors (Lipinski definition) is 2. The topological polar surface area (TPSA) is 15.3 Å². The fourth-order valence-corrected chi connectivity index (χ4v) is 2.50. The third kappa shape index (κ3) is 3.98. The number of hydrogen-bond donors (Lipinski definition) is 1. The highest BCUT2D eigenvalue weighted by Crippen LogP contribution is 2.16. The summed E-state index contributed by atoms with van der Waals surface area (Å²) in [5.41, 5.74) is 0.612. The quantitative estimate of drug-likeness (QED) is 0.881. The lowest BCUT2D eigenvalue weighted by Crippen LogP contribution is -2.30. The van der Waals surface area contributed by atoms with Crippen molar-refractivity contribution in [2.24, 2.45) is 5.92 Å². The van der Waals surface area contributed by atoms with E-state index in [0.29, 0.717) is 5.69 Å². The van der Waals surface area contributed by atoms with Gasteiger partial charge in [0.05, 0.1) is 5.69 Å². The lowest BCUT2D eigenvalue weighted by Gasteiger charge is -2.20. The van der Waals surface area contributed by atoms with Crippen molar-refractivity contribution in [1.82, 2.24) is 4.90 Å². The zero-order chi connectivity index (χ0) is 12.8. The molecule has 0 aliphatic carbocycles. The van der Waals surface area contributed by atoms with E-state index in [4.69, 9.17) is 0 Å². The van der Waals surface area contributed by atoms with Crippen LogP contribution in [0.5, 0.6) is 0 Å². The summed E-state index contributed by atoms with van der Waals surface area (Å²) in [5.74, 6) is 0.691. The number of rotatable bonds is 4. The first kappa shape index (κ1) is 13.3. The zero-order valence-corrected chi connectivity index (χ0v) is 11.2. The highest BCUT2D eigenvalue weighted by molar-refractivity contribution is 5.44. The van der Waals surface area contributed by atoms with E-state index in [2.05, 4.69) is 17.1 Å². The van der Waals surface area contributed by atoms with E-state index in [0.717, 1.165) is 19.0 Å². The number of halogens is 1. The third-order valence-electron chi connectivity index (χ3n) is 3.73. The summed E-state index contributed by atoms with van der Waals surface area (Å²) in [7, 11) is 0. The molecule has 0 saturated carbocycles. The minimum Gasteiger partial charge on any atom is -0.381 e. The molecule has 0 radical (unpaired) electrons. The Hall–Kier alpha value is -1.09. The van der Waals surface area contributed by atoms with E-state index in [-0.39, 0.29) is 5.82 Å². The van der Waals surface area contributed by atoms with E-state index in [1.807, 2.05) is 6.07 Å². The van der Waals surface area contributed by atoms with Crippen molar-refractivity contribution >= 4 is 5.69 Å². The fourth-order valence-electron chi connectivity index (χ4n) is 2.50. The second-order valence-electron chi connectivity index (χ2n) is 5.28. The van der Waals surface area contributed by atoms with Gasteiger partial charge in [-0.25, -0.2) is 4.39 Å². The maximum absolute atomic E-state index is 13.4. The summed E-state index contributed by atoms with van der Waals surface area (Å²) in [6, 6.07) is 6.87. The van der Waals surface area contributed by atoms with E-state index in [1.54, 1.807) is 12.1 Å². The molecule has 1 aliphatic heterocycles. The van der Waals surface area contributed by atoms with Crippen LogP contribution in [0, 0.1) is 11.7 Å². The Morgan fingerprint density at radius 3 is 2.94 bits per heavy atom. The van der Waals surface area contributed by atoms with Crippen LogP contribution in [-0.2, 0) is 0 Å². The molecular weight excluding hydrogens is 227 g/mol. The van der Waals surface area contributed by atoms with Gasteiger partial charge in [-0.15, -0.1) is 0 Å². The molecule has 1 unspecified atom stereocenters. The Balaban J connectivity index is 1.73. The Morgan fingerprint density at radius 2 is 2.11 bits per heavy atom. The molecule has 0 aromatic heterocycles. The molecule has 18 heavy (non-hydrogen) atoms. The molecule has 2 rings (SSSR count). The van der Waals surface area contributed by atoms with Gasteiger partial charge in [-0.3, -0.25) is 0 Å². The molecule has 100 valence electrons. The SMILES string of the molecule is CC1CCCN(CCNc2ccccc2F)CC1. The number of benzene rings is 1. The van der Waals surface area contributed by atoms with Crippen molar-refractivity contribution < 1.29 is 4.39 Å². The molecule has 1 heterocycles. The van der Waals surface area contributed by atoms with Gasteiger partial charge in [-0.1, -0.05) is 19.1 Å². The normalized spacial score (nSPS) is 21.6. The smallest absolute Gasteiger partial charge is 0.146 e. The Labute approximate surface area is 109 Å². The Kier molecular flexibility index (Phi) is 5.00. The molecule has 1 atom stereocenters. The van der Waals surface area contributed by atoms with Crippen molar-refractivity contribution in [1.29, 1.82) is 0 Å². The van der Waals surface area contributed by atoms with E-state index in [9.17, 15) is 4.39 Å². The largest absolute Gasteiger partial charge is 0.381 e. The van der Waals surface area contributed by atoms with E-state index >= 15 is 0 Å². The van der Waals surface area contributed by atoms with Crippen molar-refractivity contribution in [2.75, 3.05) is 31.5 Å². The second kappa shape index (κ2) is 6.74. The molecule has 1 fully saturated rings. The second-order valence-corrected chi connectivity index (χ2v) is 5.28. The van der Waals surface area contributed by atoms with Gasteiger partial charge in [0.15, 0.2) is 0 Å². The lowest BCUT2D eigenvalue weighted by molar-refractivity contribution is 0.292. The lowest BCUT2D eigenvalue weighted by atomic mass is 10.0. The number of anilines is 1. The first-order valence-electron chi connectivity index (χ1n) is 6.96. The predicted octanol–water partition coefficient (Wildman–Crippen LogP) is 3.36. The number of likely N-dealkylation sites (tertiary alicyclic amines) is 1. The standard InChI is InChI=1S/C15H23FN2/c1-13-5-4-10-18(11-8-13)12-9-17-15-7-3-2-6-14(15)16/h2-3,6-7,13,17H,4-5,8-12H2,1H3. The van der Waals surface area contributed by atoms with Crippen LogP contribution in [0.25, 0.3) is 0 Å². The van der Waals surface area contributed by atoms with Gasteiger partial charge < -0.3 is 10.2 Å². The maximum Gasteiger partial charge on any atom is 0.146 e. The summed E-state index contributed by atoms with van der Waals surface area (Å²) >= 11 is 0. The molecule has 1 aromatic rings. The van der Waals surface area contributed by atoms with Gasteiger partial charge in [-0.05, 0) is 50.4 Å². The van der Waals surface area contributed by atoms with Gasteiger partial charge in [0.2, 0.25) is 0 Å². The van der Waals surface area contributed by atoms with E-state index < -0.39 is 0 Å². The number of para-hydroxylation sites is 1.